The number of aromatic amines is 1. The van der Waals surface area contributed by atoms with Crippen molar-refractivity contribution in [1.82, 2.24) is 24.5 Å². The van der Waals surface area contributed by atoms with E-state index in [9.17, 15) is 15.0 Å². The summed E-state index contributed by atoms with van der Waals surface area (Å²) in [6.07, 6.45) is 3.24. The Kier molecular flexibility index (Phi) is 4.47. The van der Waals surface area contributed by atoms with Crippen LogP contribution in [0.3, 0.4) is 0 Å². The first kappa shape index (κ1) is 16.1. The van der Waals surface area contributed by atoms with Gasteiger partial charge in [-0.25, -0.2) is 9.97 Å². The van der Waals surface area contributed by atoms with E-state index in [4.69, 9.17) is 0 Å². The number of nitrogens with zero attached hydrogens (tertiary/aromatic N) is 4. The molecule has 0 aliphatic carbocycles. The van der Waals surface area contributed by atoms with Gasteiger partial charge in [0, 0.05) is 31.1 Å². The van der Waals surface area contributed by atoms with Gasteiger partial charge in [0.05, 0.1) is 18.4 Å². The lowest BCUT2D eigenvalue weighted by atomic mass is 9.74. The van der Waals surface area contributed by atoms with E-state index < -0.39 is 11.5 Å². The van der Waals surface area contributed by atoms with Crippen molar-refractivity contribution in [3.63, 3.8) is 0 Å². The monoisotopic (exact) mass is 321 g/mol. The van der Waals surface area contributed by atoms with Crippen LogP contribution in [0.4, 0.5) is 0 Å². The minimum atomic E-state index is -0.490. The van der Waals surface area contributed by atoms with Crippen LogP contribution in [0.1, 0.15) is 31.9 Å². The molecule has 2 aromatic rings. The van der Waals surface area contributed by atoms with Gasteiger partial charge in [-0.2, -0.15) is 4.52 Å². The number of fused-ring (bicyclic) bond motifs is 1. The van der Waals surface area contributed by atoms with Gasteiger partial charge in [0.25, 0.3) is 11.3 Å². The van der Waals surface area contributed by atoms with E-state index in [0.29, 0.717) is 37.5 Å². The van der Waals surface area contributed by atoms with Gasteiger partial charge in [0.1, 0.15) is 6.33 Å². The number of nitrogens with one attached hydrogen (secondary N) is 1. The number of piperidine rings is 1. The second-order valence-corrected chi connectivity index (χ2v) is 6.39. The maximum atomic E-state index is 12.0. The Labute approximate surface area is 133 Å². The van der Waals surface area contributed by atoms with Crippen molar-refractivity contribution in [3.8, 4) is 0 Å². The van der Waals surface area contributed by atoms with Gasteiger partial charge < -0.3 is 10.2 Å². The maximum Gasteiger partial charge on any atom is 0.274 e. The molecular formula is C15H23N5O3. The van der Waals surface area contributed by atoms with Crippen LogP contribution in [-0.2, 0) is 6.54 Å². The zero-order valence-electron chi connectivity index (χ0n) is 13.3. The highest BCUT2D eigenvalue weighted by atomic mass is 16.3. The quantitative estimate of drug-likeness (QED) is 0.702. The average Bonchev–Trinajstić information content (AvgIpc) is 3.00. The smallest absolute Gasteiger partial charge is 0.274 e. The van der Waals surface area contributed by atoms with Crippen molar-refractivity contribution in [2.24, 2.45) is 5.41 Å². The van der Waals surface area contributed by atoms with Crippen LogP contribution in [0.15, 0.2) is 17.2 Å². The summed E-state index contributed by atoms with van der Waals surface area (Å²) in [6, 6.07) is 1.50. The highest BCUT2D eigenvalue weighted by Crippen LogP contribution is 2.35. The molecule has 1 fully saturated rings. The van der Waals surface area contributed by atoms with Crippen molar-refractivity contribution in [3.05, 3.63) is 28.4 Å². The van der Waals surface area contributed by atoms with Crippen LogP contribution >= 0.6 is 0 Å². The van der Waals surface area contributed by atoms with E-state index >= 15 is 0 Å². The first-order chi connectivity index (χ1) is 11.1. The van der Waals surface area contributed by atoms with Gasteiger partial charge in [-0.05, 0) is 12.8 Å². The summed E-state index contributed by atoms with van der Waals surface area (Å²) in [5.41, 5.74) is -0.0262. The summed E-state index contributed by atoms with van der Waals surface area (Å²) in [5, 5.41) is 22.9. The first-order valence-electron chi connectivity index (χ1n) is 8.01. The zero-order chi connectivity index (χ0) is 16.4. The number of aliphatic hydroxyl groups excluding tert-OH is 2. The third-order valence-corrected chi connectivity index (χ3v) is 4.73. The molecule has 23 heavy (non-hydrogen) atoms. The number of likely N-dealkylation sites (tertiary alicyclic amines) is 1. The van der Waals surface area contributed by atoms with Crippen LogP contribution in [0.2, 0.25) is 0 Å². The molecule has 2 aromatic heterocycles. The molecule has 0 spiro atoms. The standard InChI is InChI=1S/C15H23N5O3/c1-2-4-15(9-21)8-19(5-3-12(15)22)7-11-6-13(23)20-14(18-11)16-10-17-20/h6,10,12,21-22H,2-5,7-9H2,1H3,(H,16,17,18)/t12-,15-/m0/s1. The van der Waals surface area contributed by atoms with Crippen molar-refractivity contribution in [1.29, 1.82) is 0 Å². The van der Waals surface area contributed by atoms with Crippen molar-refractivity contribution < 1.29 is 10.2 Å². The SMILES string of the molecule is CCC[C@@]1(CO)CN(Cc2cc(=O)n3[nH]cnc3n2)CC[C@@H]1O. The summed E-state index contributed by atoms with van der Waals surface area (Å²) in [7, 11) is 0. The van der Waals surface area contributed by atoms with E-state index in [2.05, 4.69) is 26.9 Å². The predicted molar refractivity (Wildman–Crippen MR) is 83.9 cm³/mol. The molecule has 0 bridgehead atoms. The Bertz CT molecular complexity index is 727. The number of hydrogen-bond acceptors (Lipinski definition) is 6. The lowest BCUT2D eigenvalue weighted by Gasteiger charge is -2.45. The fourth-order valence-corrected chi connectivity index (χ4v) is 3.53. The maximum absolute atomic E-state index is 12.0. The second-order valence-electron chi connectivity index (χ2n) is 6.39. The molecule has 126 valence electrons. The molecule has 3 N–H and O–H groups in total. The lowest BCUT2D eigenvalue weighted by molar-refractivity contribution is -0.0821. The molecule has 1 saturated heterocycles. The highest BCUT2D eigenvalue weighted by Gasteiger charge is 2.41. The van der Waals surface area contributed by atoms with E-state index in [1.54, 1.807) is 0 Å². The molecule has 0 aromatic carbocycles. The molecular weight excluding hydrogens is 298 g/mol. The third-order valence-electron chi connectivity index (χ3n) is 4.73. The van der Waals surface area contributed by atoms with Gasteiger partial charge in [-0.15, -0.1) is 0 Å². The van der Waals surface area contributed by atoms with Gasteiger partial charge in [-0.3, -0.25) is 14.8 Å². The van der Waals surface area contributed by atoms with E-state index in [1.807, 2.05) is 0 Å². The Morgan fingerprint density at radius 2 is 2.35 bits per heavy atom. The van der Waals surface area contributed by atoms with Crippen LogP contribution in [-0.4, -0.2) is 60.5 Å². The molecule has 2 atom stereocenters. The summed E-state index contributed by atoms with van der Waals surface area (Å²) in [6.45, 7) is 3.84. The largest absolute Gasteiger partial charge is 0.396 e. The Hall–Kier alpha value is -1.77. The Morgan fingerprint density at radius 3 is 3.09 bits per heavy atom. The second kappa shape index (κ2) is 6.38. The van der Waals surface area contributed by atoms with E-state index in [-0.39, 0.29) is 12.2 Å². The Balaban J connectivity index is 1.80. The van der Waals surface area contributed by atoms with Crippen molar-refractivity contribution in [2.45, 2.75) is 38.8 Å². The lowest BCUT2D eigenvalue weighted by Crippen LogP contribution is -2.53. The van der Waals surface area contributed by atoms with Gasteiger partial charge in [-0.1, -0.05) is 13.3 Å². The molecule has 8 heteroatoms. The molecule has 0 saturated carbocycles. The first-order valence-corrected chi connectivity index (χ1v) is 8.01. The van der Waals surface area contributed by atoms with Gasteiger partial charge >= 0.3 is 0 Å². The normalized spacial score (nSPS) is 26.0. The fourth-order valence-electron chi connectivity index (χ4n) is 3.53. The molecule has 8 nitrogen and oxygen atoms in total. The predicted octanol–water partition coefficient (Wildman–Crippen LogP) is -0.237. The topological polar surface area (TPSA) is 107 Å². The Morgan fingerprint density at radius 1 is 1.52 bits per heavy atom. The van der Waals surface area contributed by atoms with Gasteiger partial charge in [0.2, 0.25) is 0 Å². The summed E-state index contributed by atoms with van der Waals surface area (Å²) in [5.74, 6) is 0.353. The van der Waals surface area contributed by atoms with Crippen molar-refractivity contribution >= 4 is 5.78 Å². The van der Waals surface area contributed by atoms with Crippen LogP contribution < -0.4 is 5.56 Å². The average molecular weight is 321 g/mol. The molecule has 0 radical (unpaired) electrons. The van der Waals surface area contributed by atoms with Crippen molar-refractivity contribution in [2.75, 3.05) is 19.7 Å². The van der Waals surface area contributed by atoms with Crippen LogP contribution in [0.25, 0.3) is 5.78 Å². The third kappa shape index (κ3) is 3.01. The molecule has 1 aliphatic heterocycles. The minimum absolute atomic E-state index is 0.0347. The van der Waals surface area contributed by atoms with Gasteiger partial charge in [0.15, 0.2) is 0 Å². The minimum Gasteiger partial charge on any atom is -0.396 e. The van der Waals surface area contributed by atoms with E-state index in [0.717, 1.165) is 12.8 Å². The molecule has 3 heterocycles. The molecule has 0 amide bonds. The number of hydrogen-bond donors (Lipinski definition) is 3. The number of aromatic nitrogens is 4. The highest BCUT2D eigenvalue weighted by molar-refractivity contribution is 5.26. The zero-order valence-corrected chi connectivity index (χ0v) is 13.3. The number of H-pyrrole nitrogens is 1. The molecule has 0 unspecified atom stereocenters. The number of aliphatic hydroxyl groups is 2. The summed E-state index contributed by atoms with van der Waals surface area (Å²) in [4.78, 5) is 22.5. The molecule has 1 aliphatic rings. The fraction of sp³-hybridized carbons (Fsp3) is 0.667. The molecule has 3 rings (SSSR count). The number of rotatable bonds is 5. The summed E-state index contributed by atoms with van der Waals surface area (Å²) < 4.78 is 1.29. The van der Waals surface area contributed by atoms with E-state index in [1.165, 1.54) is 16.9 Å². The summed E-state index contributed by atoms with van der Waals surface area (Å²) >= 11 is 0. The van der Waals surface area contributed by atoms with Crippen LogP contribution in [0.5, 0.6) is 0 Å². The van der Waals surface area contributed by atoms with Crippen LogP contribution in [0, 0.1) is 5.41 Å².